The van der Waals surface area contributed by atoms with Crippen molar-refractivity contribution in [3.8, 4) is 0 Å². The molecule has 4 nitrogen and oxygen atoms in total. The first-order valence-corrected chi connectivity index (χ1v) is 9.50. The molecule has 1 N–H and O–H groups in total. The summed E-state index contributed by atoms with van der Waals surface area (Å²) in [5, 5.41) is 3.77. The van der Waals surface area contributed by atoms with Crippen molar-refractivity contribution >= 4 is 11.8 Å². The largest absolute Gasteiger partial charge is 0.444 e. The van der Waals surface area contributed by atoms with E-state index in [1.807, 2.05) is 25.7 Å². The molecule has 0 aromatic heterocycles. The van der Waals surface area contributed by atoms with Gasteiger partial charge in [0.15, 0.2) is 0 Å². The molecule has 138 valence electrons. The van der Waals surface area contributed by atoms with Gasteiger partial charge < -0.3 is 15.0 Å². The molecule has 2 unspecified atom stereocenters. The molecule has 2 saturated heterocycles. The van der Waals surface area contributed by atoms with E-state index in [0.29, 0.717) is 18.1 Å². The van der Waals surface area contributed by atoms with Gasteiger partial charge in [-0.3, -0.25) is 0 Å². The first-order chi connectivity index (χ1) is 11.6. The van der Waals surface area contributed by atoms with Crippen molar-refractivity contribution in [2.24, 2.45) is 0 Å². The van der Waals surface area contributed by atoms with E-state index in [4.69, 9.17) is 4.74 Å². The lowest BCUT2D eigenvalue weighted by Gasteiger charge is -2.40. The van der Waals surface area contributed by atoms with Crippen molar-refractivity contribution in [3.05, 3.63) is 28.8 Å². The molecule has 2 heterocycles. The van der Waals surface area contributed by atoms with Crippen LogP contribution in [-0.4, -0.2) is 34.7 Å². The van der Waals surface area contributed by atoms with E-state index in [1.54, 1.807) is 0 Å². The van der Waals surface area contributed by atoms with Crippen LogP contribution < -0.4 is 5.32 Å². The summed E-state index contributed by atoms with van der Waals surface area (Å²) in [6.45, 7) is 12.3. The molecule has 1 aromatic rings. The fraction of sp³-hybridized carbons (Fsp3) is 0.667. The van der Waals surface area contributed by atoms with Gasteiger partial charge in [0, 0.05) is 23.8 Å². The number of piperidine rings is 1. The molecular formula is C21H32N2O2. The number of hydrogen-bond donors (Lipinski definition) is 1. The molecule has 2 aliphatic rings. The number of nitrogens with zero attached hydrogens (tertiary/aromatic N) is 1. The van der Waals surface area contributed by atoms with Crippen LogP contribution in [-0.2, 0) is 4.74 Å². The first-order valence-electron chi connectivity index (χ1n) is 9.50. The Balaban J connectivity index is 1.69. The van der Waals surface area contributed by atoms with E-state index < -0.39 is 5.60 Å². The van der Waals surface area contributed by atoms with E-state index in [9.17, 15) is 4.79 Å². The molecule has 4 heteroatoms. The Morgan fingerprint density at radius 2 is 1.60 bits per heavy atom. The first kappa shape index (κ1) is 18.1. The highest BCUT2D eigenvalue weighted by Crippen LogP contribution is 2.38. The lowest BCUT2D eigenvalue weighted by molar-refractivity contribution is 0.00683. The monoisotopic (exact) mass is 344 g/mol. The van der Waals surface area contributed by atoms with Crippen LogP contribution in [0.25, 0.3) is 0 Å². The van der Waals surface area contributed by atoms with Crippen molar-refractivity contribution < 1.29 is 9.53 Å². The summed E-state index contributed by atoms with van der Waals surface area (Å²) in [5.74, 6) is 0. The molecule has 1 amide bonds. The third-order valence-corrected chi connectivity index (χ3v) is 5.36. The third kappa shape index (κ3) is 3.94. The van der Waals surface area contributed by atoms with Crippen LogP contribution in [0.15, 0.2) is 12.1 Å². The van der Waals surface area contributed by atoms with E-state index in [2.05, 4.69) is 38.2 Å². The van der Waals surface area contributed by atoms with Gasteiger partial charge in [0.1, 0.15) is 5.60 Å². The standard InChI is InChI=1S/C21H32N2O2/c1-13-9-14(2)19(15(3)10-13)22-16-11-17-7-8-18(12-16)23(17)20(24)25-21(4,5)6/h9-10,16-18,22H,7-8,11-12H2,1-6H3. The second-order valence-corrected chi connectivity index (χ2v) is 8.86. The fourth-order valence-corrected chi connectivity index (χ4v) is 4.52. The third-order valence-electron chi connectivity index (χ3n) is 5.36. The molecule has 0 saturated carbocycles. The number of fused-ring (bicyclic) bond motifs is 2. The van der Waals surface area contributed by atoms with Crippen molar-refractivity contribution in [1.82, 2.24) is 4.90 Å². The van der Waals surface area contributed by atoms with Gasteiger partial charge in [0.05, 0.1) is 0 Å². The van der Waals surface area contributed by atoms with Gasteiger partial charge in [-0.2, -0.15) is 0 Å². The summed E-state index contributed by atoms with van der Waals surface area (Å²) in [5.41, 5.74) is 4.75. The molecule has 2 fully saturated rings. The number of hydrogen-bond acceptors (Lipinski definition) is 3. The maximum Gasteiger partial charge on any atom is 0.410 e. The molecule has 0 radical (unpaired) electrons. The zero-order valence-electron chi connectivity index (χ0n) is 16.5. The predicted molar refractivity (Wildman–Crippen MR) is 102 cm³/mol. The zero-order valence-corrected chi connectivity index (χ0v) is 16.5. The van der Waals surface area contributed by atoms with E-state index >= 15 is 0 Å². The van der Waals surface area contributed by atoms with Crippen molar-refractivity contribution in [3.63, 3.8) is 0 Å². The average molecular weight is 344 g/mol. The number of amides is 1. The highest BCUT2D eigenvalue weighted by molar-refractivity contribution is 5.70. The van der Waals surface area contributed by atoms with Crippen molar-refractivity contribution in [2.45, 2.75) is 91.0 Å². The molecule has 0 spiro atoms. The highest BCUT2D eigenvalue weighted by atomic mass is 16.6. The molecule has 2 bridgehead atoms. The Bertz CT molecular complexity index is 625. The van der Waals surface area contributed by atoms with Gasteiger partial charge in [-0.25, -0.2) is 4.79 Å². The summed E-state index contributed by atoms with van der Waals surface area (Å²) in [4.78, 5) is 14.6. The van der Waals surface area contributed by atoms with Crippen LogP contribution >= 0.6 is 0 Å². The summed E-state index contributed by atoms with van der Waals surface area (Å²) in [6.07, 6.45) is 4.05. The Morgan fingerprint density at radius 3 is 2.08 bits per heavy atom. The number of benzene rings is 1. The van der Waals surface area contributed by atoms with Crippen LogP contribution in [0.1, 0.15) is 63.1 Å². The van der Waals surface area contributed by atoms with Crippen molar-refractivity contribution in [2.75, 3.05) is 5.32 Å². The van der Waals surface area contributed by atoms with Crippen LogP contribution in [0.3, 0.4) is 0 Å². The lowest BCUT2D eigenvalue weighted by atomic mass is 9.96. The summed E-state index contributed by atoms with van der Waals surface area (Å²) in [6, 6.07) is 5.50. The van der Waals surface area contributed by atoms with Crippen LogP contribution in [0.2, 0.25) is 0 Å². The summed E-state index contributed by atoms with van der Waals surface area (Å²) >= 11 is 0. The fourth-order valence-electron chi connectivity index (χ4n) is 4.52. The average Bonchev–Trinajstić information content (AvgIpc) is 2.73. The number of nitrogens with one attached hydrogen (secondary N) is 1. The highest BCUT2D eigenvalue weighted by Gasteiger charge is 2.44. The smallest absolute Gasteiger partial charge is 0.410 e. The number of aryl methyl sites for hydroxylation is 3. The Kier molecular flexibility index (Phi) is 4.74. The maximum atomic E-state index is 12.6. The number of ether oxygens (including phenoxy) is 1. The Labute approximate surface area is 151 Å². The summed E-state index contributed by atoms with van der Waals surface area (Å²) < 4.78 is 5.63. The molecule has 1 aromatic carbocycles. The van der Waals surface area contributed by atoms with Crippen LogP contribution in [0.5, 0.6) is 0 Å². The van der Waals surface area contributed by atoms with Gasteiger partial charge in [-0.05, 0) is 78.4 Å². The summed E-state index contributed by atoms with van der Waals surface area (Å²) in [7, 11) is 0. The molecule has 25 heavy (non-hydrogen) atoms. The Hall–Kier alpha value is -1.71. The zero-order chi connectivity index (χ0) is 18.4. The molecule has 2 atom stereocenters. The van der Waals surface area contributed by atoms with Gasteiger partial charge in [-0.15, -0.1) is 0 Å². The number of anilines is 1. The Morgan fingerprint density at radius 1 is 1.08 bits per heavy atom. The lowest BCUT2D eigenvalue weighted by Crippen LogP contribution is -2.51. The van der Waals surface area contributed by atoms with Crippen LogP contribution in [0.4, 0.5) is 10.5 Å². The minimum absolute atomic E-state index is 0.138. The SMILES string of the molecule is Cc1cc(C)c(NC2CC3CCC(C2)N3C(=O)OC(C)(C)C)c(C)c1. The normalized spacial score (nSPS) is 25.8. The molecule has 2 aliphatic heterocycles. The van der Waals surface area contributed by atoms with E-state index in [1.165, 1.54) is 22.4 Å². The predicted octanol–water partition coefficient (Wildman–Crippen LogP) is 4.95. The second-order valence-electron chi connectivity index (χ2n) is 8.86. The molecule has 3 rings (SSSR count). The van der Waals surface area contributed by atoms with Gasteiger partial charge in [0.25, 0.3) is 0 Å². The van der Waals surface area contributed by atoms with Gasteiger partial charge in [0.2, 0.25) is 0 Å². The molecular weight excluding hydrogens is 312 g/mol. The van der Waals surface area contributed by atoms with Crippen LogP contribution in [0, 0.1) is 20.8 Å². The molecule has 0 aliphatic carbocycles. The minimum atomic E-state index is -0.429. The number of carbonyl (C=O) groups excluding carboxylic acids is 1. The van der Waals surface area contributed by atoms with E-state index in [-0.39, 0.29) is 6.09 Å². The topological polar surface area (TPSA) is 41.6 Å². The maximum absolute atomic E-state index is 12.6. The van der Waals surface area contributed by atoms with Gasteiger partial charge in [-0.1, -0.05) is 17.7 Å². The van der Waals surface area contributed by atoms with Gasteiger partial charge >= 0.3 is 6.09 Å². The van der Waals surface area contributed by atoms with Crippen molar-refractivity contribution in [1.29, 1.82) is 0 Å². The number of carbonyl (C=O) groups is 1. The number of rotatable bonds is 2. The minimum Gasteiger partial charge on any atom is -0.444 e. The van der Waals surface area contributed by atoms with E-state index in [0.717, 1.165) is 25.7 Å². The quantitative estimate of drug-likeness (QED) is 0.825. The second kappa shape index (κ2) is 6.54.